The first-order chi connectivity index (χ1) is 9.69. The van der Waals surface area contributed by atoms with Crippen molar-refractivity contribution in [3.05, 3.63) is 17.8 Å². The molecule has 0 atom stereocenters. The van der Waals surface area contributed by atoms with E-state index in [2.05, 4.69) is 22.0 Å². The maximum Gasteiger partial charge on any atom is 0.340 e. The number of carbonyl (C=O) groups excluding carboxylic acids is 1. The van der Waals surface area contributed by atoms with Crippen LogP contribution in [0.25, 0.3) is 0 Å². The number of aromatic nitrogens is 1. The standard InChI is InChI=1S/C14H23N3O3/c1-3-4-7-20-8-5-6-16-13-9-11(14(18)19-2)12(15)10-17-13/h9-10H,3-8,15H2,1-2H3,(H,16,17). The summed E-state index contributed by atoms with van der Waals surface area (Å²) in [6, 6.07) is 1.60. The molecule has 0 unspecified atom stereocenters. The lowest BCUT2D eigenvalue weighted by molar-refractivity contribution is 0.0602. The van der Waals surface area contributed by atoms with Crippen molar-refractivity contribution in [3.8, 4) is 0 Å². The molecule has 3 N–H and O–H groups in total. The molecule has 6 nitrogen and oxygen atoms in total. The van der Waals surface area contributed by atoms with Gasteiger partial charge in [-0.2, -0.15) is 0 Å². The number of pyridine rings is 1. The maximum absolute atomic E-state index is 11.5. The first-order valence-electron chi connectivity index (χ1n) is 6.84. The van der Waals surface area contributed by atoms with Crippen LogP contribution in [0.5, 0.6) is 0 Å². The molecule has 0 aliphatic carbocycles. The molecular formula is C14H23N3O3. The summed E-state index contributed by atoms with van der Waals surface area (Å²) in [6.45, 7) is 4.38. The normalized spacial score (nSPS) is 10.3. The number of carbonyl (C=O) groups is 1. The number of anilines is 2. The number of ether oxygens (including phenoxy) is 2. The van der Waals surface area contributed by atoms with Crippen molar-refractivity contribution in [2.45, 2.75) is 26.2 Å². The molecule has 1 aromatic rings. The van der Waals surface area contributed by atoms with Crippen LogP contribution in [0.15, 0.2) is 12.3 Å². The fourth-order valence-corrected chi connectivity index (χ4v) is 1.59. The minimum atomic E-state index is -0.462. The molecule has 0 aliphatic heterocycles. The van der Waals surface area contributed by atoms with Crippen LogP contribution in [0, 0.1) is 0 Å². The van der Waals surface area contributed by atoms with Crippen LogP contribution in [-0.2, 0) is 9.47 Å². The Morgan fingerprint density at radius 3 is 2.85 bits per heavy atom. The maximum atomic E-state index is 11.5. The number of methoxy groups -OCH3 is 1. The Bertz CT molecular complexity index is 424. The summed E-state index contributed by atoms with van der Waals surface area (Å²) in [6.07, 6.45) is 4.56. The largest absolute Gasteiger partial charge is 0.465 e. The molecule has 0 fully saturated rings. The van der Waals surface area contributed by atoms with Crippen LogP contribution in [0.3, 0.4) is 0 Å². The zero-order valence-electron chi connectivity index (χ0n) is 12.1. The van der Waals surface area contributed by atoms with Gasteiger partial charge < -0.3 is 20.5 Å². The predicted octanol–water partition coefficient (Wildman–Crippen LogP) is 2.07. The number of unbranched alkanes of at least 4 members (excludes halogenated alkanes) is 1. The highest BCUT2D eigenvalue weighted by atomic mass is 16.5. The smallest absolute Gasteiger partial charge is 0.340 e. The van der Waals surface area contributed by atoms with E-state index in [1.165, 1.54) is 13.3 Å². The topological polar surface area (TPSA) is 86.5 Å². The van der Waals surface area contributed by atoms with Gasteiger partial charge in [0.2, 0.25) is 0 Å². The van der Waals surface area contributed by atoms with E-state index in [4.69, 9.17) is 10.5 Å². The molecule has 0 amide bonds. The van der Waals surface area contributed by atoms with Gasteiger partial charge in [0.1, 0.15) is 5.82 Å². The van der Waals surface area contributed by atoms with E-state index in [-0.39, 0.29) is 0 Å². The molecule has 0 aliphatic rings. The first kappa shape index (κ1) is 16.2. The van der Waals surface area contributed by atoms with Crippen molar-refractivity contribution >= 4 is 17.5 Å². The summed E-state index contributed by atoms with van der Waals surface area (Å²) >= 11 is 0. The average Bonchev–Trinajstić information content (AvgIpc) is 2.47. The third-order valence-corrected chi connectivity index (χ3v) is 2.75. The predicted molar refractivity (Wildman–Crippen MR) is 78.8 cm³/mol. The average molecular weight is 281 g/mol. The van der Waals surface area contributed by atoms with Crippen LogP contribution < -0.4 is 11.1 Å². The van der Waals surface area contributed by atoms with Gasteiger partial charge in [-0.05, 0) is 18.9 Å². The third-order valence-electron chi connectivity index (χ3n) is 2.75. The molecule has 112 valence electrons. The van der Waals surface area contributed by atoms with Gasteiger partial charge in [0.25, 0.3) is 0 Å². The Kier molecular flexibility index (Phi) is 7.42. The zero-order valence-corrected chi connectivity index (χ0v) is 12.1. The highest BCUT2D eigenvalue weighted by Crippen LogP contribution is 2.15. The lowest BCUT2D eigenvalue weighted by Gasteiger charge is -2.09. The van der Waals surface area contributed by atoms with Crippen molar-refractivity contribution in [2.24, 2.45) is 0 Å². The summed E-state index contributed by atoms with van der Waals surface area (Å²) in [5.41, 5.74) is 6.31. The van der Waals surface area contributed by atoms with Crippen molar-refractivity contribution in [3.63, 3.8) is 0 Å². The SMILES string of the molecule is CCCCOCCCNc1cc(C(=O)OC)c(N)cn1. The van der Waals surface area contributed by atoms with Gasteiger partial charge in [0.15, 0.2) is 0 Å². The third kappa shape index (κ3) is 5.44. The van der Waals surface area contributed by atoms with E-state index in [1.807, 2.05) is 0 Å². The van der Waals surface area contributed by atoms with Gasteiger partial charge in [-0.1, -0.05) is 13.3 Å². The fraction of sp³-hybridized carbons (Fsp3) is 0.571. The second kappa shape index (κ2) is 9.14. The van der Waals surface area contributed by atoms with E-state index in [9.17, 15) is 4.79 Å². The number of nitrogens with zero attached hydrogens (tertiary/aromatic N) is 1. The van der Waals surface area contributed by atoms with Gasteiger partial charge in [-0.25, -0.2) is 9.78 Å². The van der Waals surface area contributed by atoms with E-state index < -0.39 is 5.97 Å². The summed E-state index contributed by atoms with van der Waals surface area (Å²) in [7, 11) is 1.32. The molecular weight excluding hydrogens is 258 g/mol. The second-order valence-corrected chi connectivity index (χ2v) is 4.39. The van der Waals surface area contributed by atoms with E-state index in [1.54, 1.807) is 6.07 Å². The molecule has 0 saturated heterocycles. The molecule has 0 radical (unpaired) electrons. The summed E-state index contributed by atoms with van der Waals surface area (Å²) in [5, 5.41) is 3.13. The van der Waals surface area contributed by atoms with Gasteiger partial charge in [-0.3, -0.25) is 0 Å². The van der Waals surface area contributed by atoms with Crippen LogP contribution in [0.2, 0.25) is 0 Å². The summed E-state index contributed by atoms with van der Waals surface area (Å²) in [5.74, 6) is 0.143. The Balaban J connectivity index is 2.35. The molecule has 0 saturated carbocycles. The van der Waals surface area contributed by atoms with Crippen LogP contribution in [0.1, 0.15) is 36.5 Å². The highest BCUT2D eigenvalue weighted by Gasteiger charge is 2.11. The molecule has 1 heterocycles. The number of nitrogens with one attached hydrogen (secondary N) is 1. The van der Waals surface area contributed by atoms with Crippen molar-refractivity contribution in [1.29, 1.82) is 0 Å². The molecule has 0 spiro atoms. The number of hydrogen-bond acceptors (Lipinski definition) is 6. The van der Waals surface area contributed by atoms with Gasteiger partial charge in [0.05, 0.1) is 24.6 Å². The Morgan fingerprint density at radius 1 is 1.40 bits per heavy atom. The van der Waals surface area contributed by atoms with Crippen LogP contribution >= 0.6 is 0 Å². The van der Waals surface area contributed by atoms with Gasteiger partial charge in [-0.15, -0.1) is 0 Å². The zero-order chi connectivity index (χ0) is 14.8. The number of hydrogen-bond donors (Lipinski definition) is 2. The molecule has 0 aromatic carbocycles. The number of nitrogens with two attached hydrogens (primary N) is 1. The molecule has 1 rings (SSSR count). The summed E-state index contributed by atoms with van der Waals surface area (Å²) in [4.78, 5) is 15.6. The van der Waals surface area contributed by atoms with Gasteiger partial charge in [0, 0.05) is 19.8 Å². The molecule has 6 heteroatoms. The van der Waals surface area contributed by atoms with E-state index in [0.717, 1.165) is 32.4 Å². The number of rotatable bonds is 9. The van der Waals surface area contributed by atoms with Crippen molar-refractivity contribution in [2.75, 3.05) is 37.9 Å². The minimum absolute atomic E-state index is 0.310. The first-order valence-corrected chi connectivity index (χ1v) is 6.84. The second-order valence-electron chi connectivity index (χ2n) is 4.39. The molecule has 1 aromatic heterocycles. The highest BCUT2D eigenvalue weighted by molar-refractivity contribution is 5.95. The van der Waals surface area contributed by atoms with E-state index in [0.29, 0.717) is 23.7 Å². The van der Waals surface area contributed by atoms with Crippen LogP contribution in [0.4, 0.5) is 11.5 Å². The monoisotopic (exact) mass is 281 g/mol. The minimum Gasteiger partial charge on any atom is -0.465 e. The van der Waals surface area contributed by atoms with Gasteiger partial charge >= 0.3 is 5.97 Å². The van der Waals surface area contributed by atoms with Crippen LogP contribution in [-0.4, -0.2) is 37.8 Å². The Hall–Kier alpha value is -1.82. The lowest BCUT2D eigenvalue weighted by atomic mass is 10.2. The quantitative estimate of drug-likeness (QED) is 0.532. The summed E-state index contributed by atoms with van der Waals surface area (Å²) < 4.78 is 10.1. The Labute approximate surface area is 119 Å². The number of nitrogen functional groups attached to an aromatic ring is 1. The fourth-order valence-electron chi connectivity index (χ4n) is 1.59. The number of esters is 1. The molecule has 20 heavy (non-hydrogen) atoms. The van der Waals surface area contributed by atoms with E-state index >= 15 is 0 Å². The van der Waals surface area contributed by atoms with Crippen molar-refractivity contribution in [1.82, 2.24) is 4.98 Å². The lowest BCUT2D eigenvalue weighted by Crippen LogP contribution is -2.10. The Morgan fingerprint density at radius 2 is 2.15 bits per heavy atom. The van der Waals surface area contributed by atoms with Crippen molar-refractivity contribution < 1.29 is 14.3 Å². The molecule has 0 bridgehead atoms.